The summed E-state index contributed by atoms with van der Waals surface area (Å²) in [6, 6.07) is 11.1. The van der Waals surface area contributed by atoms with Crippen molar-refractivity contribution >= 4 is 21.8 Å². The first-order valence-corrected chi connectivity index (χ1v) is 7.10. The van der Waals surface area contributed by atoms with Crippen molar-refractivity contribution in [1.82, 2.24) is 5.32 Å². The largest absolute Gasteiger partial charge is 0.456 e. The van der Waals surface area contributed by atoms with E-state index in [2.05, 4.69) is 31.3 Å². The van der Waals surface area contributed by atoms with E-state index in [9.17, 15) is 4.79 Å². The lowest BCUT2D eigenvalue weighted by molar-refractivity contribution is 0.0924. The first-order chi connectivity index (χ1) is 10.2. The third kappa shape index (κ3) is 4.66. The minimum absolute atomic E-state index is 0.0999. The maximum absolute atomic E-state index is 11.9. The van der Waals surface area contributed by atoms with Crippen molar-refractivity contribution < 1.29 is 9.21 Å². The Balaban J connectivity index is 1.82. The Morgan fingerprint density at radius 3 is 2.76 bits per heavy atom. The van der Waals surface area contributed by atoms with Crippen molar-refractivity contribution in [2.45, 2.75) is 13.0 Å². The Hall–Kier alpha value is -2.24. The summed E-state index contributed by atoms with van der Waals surface area (Å²) in [5.74, 6) is 0.402. The topological polar surface area (TPSA) is 91.0 Å². The summed E-state index contributed by atoms with van der Waals surface area (Å²) in [6.07, 6.45) is 0.741. The second kappa shape index (κ2) is 7.52. The number of azide groups is 1. The number of amides is 1. The van der Waals surface area contributed by atoms with Crippen LogP contribution < -0.4 is 5.32 Å². The van der Waals surface area contributed by atoms with Gasteiger partial charge in [0.25, 0.3) is 5.91 Å². The van der Waals surface area contributed by atoms with Crippen LogP contribution in [0.1, 0.15) is 21.9 Å². The highest BCUT2D eigenvalue weighted by atomic mass is 79.9. The standard InChI is InChI=1S/C14H13BrN4O2/c15-11-3-1-10(2-4-11)7-8-17-14(20)13-6-5-12(21-13)9-18-19-16/h1-6H,7-9H2,(H,17,20). The molecule has 2 rings (SSSR count). The van der Waals surface area contributed by atoms with Gasteiger partial charge in [0.1, 0.15) is 5.76 Å². The van der Waals surface area contributed by atoms with Crippen LogP contribution in [0.4, 0.5) is 0 Å². The highest BCUT2D eigenvalue weighted by molar-refractivity contribution is 9.10. The Kier molecular flexibility index (Phi) is 5.43. The maximum atomic E-state index is 11.9. The molecule has 0 unspecified atom stereocenters. The predicted octanol–water partition coefficient (Wildman–Crippen LogP) is 3.82. The fourth-order valence-electron chi connectivity index (χ4n) is 1.74. The summed E-state index contributed by atoms with van der Waals surface area (Å²) in [5.41, 5.74) is 9.36. The number of nitrogens with zero attached hydrogens (tertiary/aromatic N) is 3. The van der Waals surface area contributed by atoms with Crippen molar-refractivity contribution in [2.75, 3.05) is 6.54 Å². The van der Waals surface area contributed by atoms with Crippen LogP contribution in [0.2, 0.25) is 0 Å². The molecule has 0 saturated heterocycles. The van der Waals surface area contributed by atoms with Gasteiger partial charge in [0.15, 0.2) is 5.76 Å². The van der Waals surface area contributed by atoms with E-state index in [0.717, 1.165) is 16.5 Å². The van der Waals surface area contributed by atoms with Crippen LogP contribution in [0.25, 0.3) is 10.4 Å². The van der Waals surface area contributed by atoms with E-state index >= 15 is 0 Å². The number of halogens is 1. The van der Waals surface area contributed by atoms with Gasteiger partial charge >= 0.3 is 0 Å². The lowest BCUT2D eigenvalue weighted by atomic mass is 10.1. The van der Waals surface area contributed by atoms with Gasteiger partial charge in [-0.3, -0.25) is 4.79 Å². The lowest BCUT2D eigenvalue weighted by Crippen LogP contribution is -2.25. The summed E-state index contributed by atoms with van der Waals surface area (Å²) in [4.78, 5) is 14.5. The average Bonchev–Trinajstić information content (AvgIpc) is 2.96. The van der Waals surface area contributed by atoms with E-state index in [1.54, 1.807) is 12.1 Å². The molecule has 0 atom stereocenters. The van der Waals surface area contributed by atoms with Crippen LogP contribution >= 0.6 is 15.9 Å². The summed E-state index contributed by atoms with van der Waals surface area (Å²) in [6.45, 7) is 0.621. The maximum Gasteiger partial charge on any atom is 0.287 e. The van der Waals surface area contributed by atoms with Crippen molar-refractivity contribution in [3.63, 3.8) is 0 Å². The van der Waals surface area contributed by atoms with E-state index in [1.807, 2.05) is 24.3 Å². The molecule has 21 heavy (non-hydrogen) atoms. The van der Waals surface area contributed by atoms with Crippen molar-refractivity contribution in [3.8, 4) is 0 Å². The Morgan fingerprint density at radius 1 is 1.29 bits per heavy atom. The second-order valence-corrected chi connectivity index (χ2v) is 5.20. The molecule has 0 fully saturated rings. The quantitative estimate of drug-likeness (QED) is 0.488. The molecule has 0 aliphatic rings. The van der Waals surface area contributed by atoms with E-state index in [4.69, 9.17) is 9.95 Å². The molecule has 1 aromatic heterocycles. The Morgan fingerprint density at radius 2 is 2.05 bits per heavy atom. The van der Waals surface area contributed by atoms with Crippen molar-refractivity contribution in [2.24, 2.45) is 5.11 Å². The molecule has 0 radical (unpaired) electrons. The molecule has 1 N–H and O–H groups in total. The zero-order valence-electron chi connectivity index (χ0n) is 11.1. The monoisotopic (exact) mass is 348 g/mol. The number of furan rings is 1. The van der Waals surface area contributed by atoms with Crippen LogP contribution in [0, 0.1) is 0 Å². The Labute approximate surface area is 129 Å². The molecule has 0 bridgehead atoms. The van der Waals surface area contributed by atoms with Gasteiger partial charge in [0.2, 0.25) is 0 Å². The Bertz CT molecular complexity index is 660. The van der Waals surface area contributed by atoms with Crippen LogP contribution in [-0.2, 0) is 13.0 Å². The summed E-state index contributed by atoms with van der Waals surface area (Å²) >= 11 is 3.38. The minimum atomic E-state index is -0.278. The first kappa shape index (κ1) is 15.2. The van der Waals surface area contributed by atoms with Gasteiger partial charge in [0, 0.05) is 15.9 Å². The zero-order chi connectivity index (χ0) is 15.1. The highest BCUT2D eigenvalue weighted by Crippen LogP contribution is 2.11. The molecule has 108 valence electrons. The zero-order valence-corrected chi connectivity index (χ0v) is 12.7. The lowest BCUT2D eigenvalue weighted by Gasteiger charge is -2.03. The SMILES string of the molecule is [N-]=[N+]=NCc1ccc(C(=O)NCCc2ccc(Br)cc2)o1. The molecular weight excluding hydrogens is 336 g/mol. The fourth-order valence-corrected chi connectivity index (χ4v) is 2.01. The second-order valence-electron chi connectivity index (χ2n) is 4.29. The summed E-state index contributed by atoms with van der Waals surface area (Å²) in [7, 11) is 0. The van der Waals surface area contributed by atoms with Crippen molar-refractivity contribution in [1.29, 1.82) is 0 Å². The van der Waals surface area contributed by atoms with Crippen LogP contribution in [0.3, 0.4) is 0 Å². The molecule has 0 spiro atoms. The van der Waals surface area contributed by atoms with Gasteiger partial charge in [-0.15, -0.1) is 0 Å². The van der Waals surface area contributed by atoms with Gasteiger partial charge in [-0.25, -0.2) is 0 Å². The van der Waals surface area contributed by atoms with E-state index < -0.39 is 0 Å². The van der Waals surface area contributed by atoms with E-state index in [1.165, 1.54) is 0 Å². The fraction of sp³-hybridized carbons (Fsp3) is 0.214. The molecule has 2 aromatic rings. The number of carbonyl (C=O) groups is 1. The average molecular weight is 349 g/mol. The van der Waals surface area contributed by atoms with Gasteiger partial charge in [0.05, 0.1) is 6.54 Å². The molecule has 0 aliphatic carbocycles. The normalized spacial score (nSPS) is 9.95. The first-order valence-electron chi connectivity index (χ1n) is 6.31. The molecule has 1 amide bonds. The van der Waals surface area contributed by atoms with Gasteiger partial charge < -0.3 is 9.73 Å². The number of benzene rings is 1. The minimum Gasteiger partial charge on any atom is -0.456 e. The summed E-state index contributed by atoms with van der Waals surface area (Å²) in [5, 5.41) is 6.16. The molecule has 6 nitrogen and oxygen atoms in total. The molecule has 0 saturated carbocycles. The summed E-state index contributed by atoms with van der Waals surface area (Å²) < 4.78 is 6.31. The number of carbonyl (C=O) groups excluding carboxylic acids is 1. The molecule has 1 heterocycles. The molecule has 1 aromatic carbocycles. The third-order valence-electron chi connectivity index (χ3n) is 2.79. The number of rotatable bonds is 6. The highest BCUT2D eigenvalue weighted by Gasteiger charge is 2.10. The smallest absolute Gasteiger partial charge is 0.287 e. The van der Waals surface area contributed by atoms with Crippen LogP contribution in [0.15, 0.2) is 50.4 Å². The van der Waals surface area contributed by atoms with Crippen LogP contribution in [0.5, 0.6) is 0 Å². The number of hydrogen-bond donors (Lipinski definition) is 1. The third-order valence-corrected chi connectivity index (χ3v) is 3.32. The molecule has 0 aliphatic heterocycles. The number of hydrogen-bond acceptors (Lipinski definition) is 3. The predicted molar refractivity (Wildman–Crippen MR) is 81.7 cm³/mol. The van der Waals surface area contributed by atoms with Crippen LogP contribution in [-0.4, -0.2) is 12.5 Å². The number of nitrogens with one attached hydrogen (secondary N) is 1. The van der Waals surface area contributed by atoms with E-state index in [0.29, 0.717) is 12.3 Å². The van der Waals surface area contributed by atoms with Gasteiger partial charge in [-0.1, -0.05) is 33.2 Å². The molecule has 7 heteroatoms. The van der Waals surface area contributed by atoms with Gasteiger partial charge in [-0.2, -0.15) is 0 Å². The van der Waals surface area contributed by atoms with E-state index in [-0.39, 0.29) is 18.2 Å². The van der Waals surface area contributed by atoms with Crippen molar-refractivity contribution in [3.05, 3.63) is 68.4 Å². The molecular formula is C14H13BrN4O2. The van der Waals surface area contributed by atoms with Gasteiger partial charge in [-0.05, 0) is 41.8 Å².